The van der Waals surface area contributed by atoms with Gasteiger partial charge in [-0.1, -0.05) is 10.6 Å². The van der Waals surface area contributed by atoms with Gasteiger partial charge in [-0.25, -0.2) is 14.6 Å². The number of fused-ring (bicyclic) bond motifs is 1. The number of rotatable bonds is 8. The molecule has 2 aliphatic rings. The molecule has 1 saturated heterocycles. The number of carbonyl (C=O) groups excluding carboxylic acids is 3. The Balaban J connectivity index is 1.41. The lowest BCUT2D eigenvalue weighted by atomic mass is 10.0. The van der Waals surface area contributed by atoms with Crippen molar-refractivity contribution < 1.29 is 29.0 Å². The number of aromatic nitrogens is 3. The van der Waals surface area contributed by atoms with Crippen molar-refractivity contribution in [1.29, 1.82) is 0 Å². The van der Waals surface area contributed by atoms with Gasteiger partial charge in [0, 0.05) is 16.9 Å². The molecule has 0 unspecified atom stereocenters. The van der Waals surface area contributed by atoms with Gasteiger partial charge in [-0.3, -0.25) is 19.8 Å². The first-order valence-electron chi connectivity index (χ1n) is 11.2. The molecule has 16 heteroatoms. The van der Waals surface area contributed by atoms with Crippen LogP contribution in [0, 0.1) is 0 Å². The number of carboxylic acid groups (broad SMARTS) is 1. The zero-order valence-electron chi connectivity index (χ0n) is 20.7. The van der Waals surface area contributed by atoms with E-state index >= 15 is 0 Å². The summed E-state index contributed by atoms with van der Waals surface area (Å²) in [5, 5.41) is 20.2. The van der Waals surface area contributed by atoms with Gasteiger partial charge in [-0.05, 0) is 44.8 Å². The molecule has 2 aliphatic heterocycles. The monoisotopic (exact) mass is 596 g/mol. The van der Waals surface area contributed by atoms with Crippen LogP contribution < -0.4 is 10.6 Å². The van der Waals surface area contributed by atoms with Crippen molar-refractivity contribution in [3.8, 4) is 0 Å². The largest absolute Gasteiger partial charge is 0.477 e. The summed E-state index contributed by atoms with van der Waals surface area (Å²) >= 11 is 5.15. The second-order valence-corrected chi connectivity index (χ2v) is 13.0. The minimum absolute atomic E-state index is 0.0437. The molecule has 2 aromatic heterocycles. The Kier molecular flexibility index (Phi) is 8.44. The van der Waals surface area contributed by atoms with Crippen molar-refractivity contribution in [3.05, 3.63) is 34.6 Å². The van der Waals surface area contributed by atoms with E-state index in [0.29, 0.717) is 22.8 Å². The Morgan fingerprint density at radius 1 is 1.34 bits per heavy atom. The molecule has 3 N–H and O–H groups in total. The number of hydrogen-bond donors (Lipinski definition) is 3. The maximum absolute atomic E-state index is 13.1. The van der Waals surface area contributed by atoms with Crippen molar-refractivity contribution in [2.24, 2.45) is 0 Å². The van der Waals surface area contributed by atoms with Crippen LogP contribution >= 0.6 is 46.4 Å². The molecule has 12 nitrogen and oxygen atoms in total. The number of carbonyl (C=O) groups is 4. The van der Waals surface area contributed by atoms with E-state index in [4.69, 9.17) is 4.74 Å². The molecule has 0 bridgehead atoms. The van der Waals surface area contributed by atoms with Gasteiger partial charge in [0.05, 0.1) is 17.5 Å². The summed E-state index contributed by atoms with van der Waals surface area (Å²) in [5.41, 5.74) is 0.446. The van der Waals surface area contributed by atoms with Crippen LogP contribution in [0.1, 0.15) is 33.4 Å². The number of thiazole rings is 1. The average Bonchev–Trinajstić information content (AvgIpc) is 3.52. The molecule has 2 aromatic rings. The third kappa shape index (κ3) is 6.19. The number of ether oxygens (including phenoxy) is 1. The summed E-state index contributed by atoms with van der Waals surface area (Å²) in [4.78, 5) is 55.7. The van der Waals surface area contributed by atoms with Gasteiger partial charge in [0.15, 0.2) is 5.13 Å². The normalized spacial score (nSPS) is 19.5. The quantitative estimate of drug-likeness (QED) is 0.233. The molecule has 1 fully saturated rings. The zero-order chi connectivity index (χ0) is 27.6. The summed E-state index contributed by atoms with van der Waals surface area (Å²) in [6.07, 6.45) is 2.50. The average molecular weight is 597 g/mol. The van der Waals surface area contributed by atoms with Gasteiger partial charge in [0.1, 0.15) is 26.9 Å². The third-order valence-corrected chi connectivity index (χ3v) is 9.21. The van der Waals surface area contributed by atoms with Gasteiger partial charge >= 0.3 is 12.1 Å². The highest BCUT2D eigenvalue weighted by Crippen LogP contribution is 2.42. The number of aliphatic carboxylic acids is 1. The lowest BCUT2D eigenvalue weighted by molar-refractivity contribution is -0.150. The highest BCUT2D eigenvalue weighted by molar-refractivity contribution is 8.01. The minimum Gasteiger partial charge on any atom is -0.477 e. The second-order valence-electron chi connectivity index (χ2n) is 9.01. The van der Waals surface area contributed by atoms with Gasteiger partial charge in [-0.2, -0.15) is 0 Å². The molecular weight excluding hydrogens is 573 g/mol. The number of carboxylic acids is 1. The predicted molar refractivity (Wildman–Crippen MR) is 146 cm³/mol. The minimum atomic E-state index is -1.19. The number of allylic oxidation sites excluding steroid dienone is 1. The Bertz CT molecular complexity index is 1320. The predicted octanol–water partition coefficient (Wildman–Crippen LogP) is 3.28. The van der Waals surface area contributed by atoms with Gasteiger partial charge in [0.25, 0.3) is 11.8 Å². The van der Waals surface area contributed by atoms with E-state index in [0.717, 1.165) is 15.5 Å². The standard InChI is InChI=1S/C22H24N6O6S4/c1-5-11(12-9-37-20(24-12)26-21(33)34-22(2,3)4)16(29)25-14-17(30)28-15(19(31)32)10(8-36-18(14)28)7-35-13-6-23-27-38-13/h5-6,9,14,18H,7-8H2,1-4H3,(H,25,29)(H,31,32)(H,24,26,33)/b11-5-/t14-,18-/m1/s1. The SMILES string of the molecule is C/C=C(\C(=O)N[C@@H]1C(=O)N2C(C(=O)O)=C(CSc3cnns3)CS[C@H]12)c1csc(NC(=O)OC(C)(C)C)n1. The van der Waals surface area contributed by atoms with E-state index in [2.05, 4.69) is 25.2 Å². The molecule has 2 atom stereocenters. The van der Waals surface area contributed by atoms with Crippen molar-refractivity contribution in [2.45, 2.75) is 48.9 Å². The summed E-state index contributed by atoms with van der Waals surface area (Å²) < 4.78 is 9.86. The van der Waals surface area contributed by atoms with Crippen LogP contribution in [-0.2, 0) is 19.1 Å². The maximum atomic E-state index is 13.1. The van der Waals surface area contributed by atoms with Gasteiger partial charge in [0.2, 0.25) is 0 Å². The van der Waals surface area contributed by atoms with Crippen LogP contribution in [0.2, 0.25) is 0 Å². The molecule has 0 aliphatic carbocycles. The van der Waals surface area contributed by atoms with Gasteiger partial charge in [-0.15, -0.1) is 40.0 Å². The Morgan fingerprint density at radius 2 is 2.11 bits per heavy atom. The highest BCUT2D eigenvalue weighted by Gasteiger charge is 2.54. The second kappa shape index (κ2) is 11.4. The number of nitrogens with zero attached hydrogens (tertiary/aromatic N) is 4. The molecule has 0 saturated carbocycles. The van der Waals surface area contributed by atoms with Crippen molar-refractivity contribution in [1.82, 2.24) is 24.8 Å². The summed E-state index contributed by atoms with van der Waals surface area (Å²) in [7, 11) is 0. The van der Waals surface area contributed by atoms with Crippen LogP contribution in [0.5, 0.6) is 0 Å². The molecule has 0 aromatic carbocycles. The first kappa shape index (κ1) is 28.1. The molecule has 3 amide bonds. The summed E-state index contributed by atoms with van der Waals surface area (Å²) in [6, 6.07) is -0.880. The fraction of sp³-hybridized carbons (Fsp3) is 0.409. The lowest BCUT2D eigenvalue weighted by Crippen LogP contribution is -2.70. The number of nitrogens with one attached hydrogen (secondary N) is 2. The summed E-state index contributed by atoms with van der Waals surface area (Å²) in [6.45, 7) is 6.88. The van der Waals surface area contributed by atoms with E-state index in [-0.39, 0.29) is 16.4 Å². The first-order valence-corrected chi connectivity index (χ1v) is 14.9. The fourth-order valence-electron chi connectivity index (χ4n) is 3.63. The van der Waals surface area contributed by atoms with Crippen LogP contribution in [-0.4, -0.2) is 77.0 Å². The summed E-state index contributed by atoms with van der Waals surface area (Å²) in [5.74, 6) is -1.41. The van der Waals surface area contributed by atoms with E-state index < -0.39 is 40.9 Å². The van der Waals surface area contributed by atoms with E-state index in [9.17, 15) is 24.3 Å². The number of anilines is 1. The first-order chi connectivity index (χ1) is 18.0. The topological polar surface area (TPSA) is 164 Å². The zero-order valence-corrected chi connectivity index (χ0v) is 24.0. The molecule has 202 valence electrons. The Labute approximate surface area is 234 Å². The number of hydrogen-bond acceptors (Lipinski definition) is 12. The number of β-lactam (4-membered cyclic amide) rings is 1. The number of thioether (sulfide) groups is 2. The molecule has 0 spiro atoms. The maximum Gasteiger partial charge on any atom is 0.413 e. The number of amides is 3. The van der Waals surface area contributed by atoms with Gasteiger partial charge < -0.3 is 15.2 Å². The van der Waals surface area contributed by atoms with E-state index in [1.807, 2.05) is 0 Å². The fourth-order valence-corrected chi connectivity index (χ4v) is 7.24. The van der Waals surface area contributed by atoms with Crippen molar-refractivity contribution >= 4 is 81.0 Å². The smallest absolute Gasteiger partial charge is 0.413 e. The molecular formula is C22H24N6O6S4. The van der Waals surface area contributed by atoms with Crippen LogP contribution in [0.25, 0.3) is 5.57 Å². The Morgan fingerprint density at radius 3 is 2.74 bits per heavy atom. The van der Waals surface area contributed by atoms with E-state index in [1.54, 1.807) is 45.3 Å². The molecule has 4 rings (SSSR count). The van der Waals surface area contributed by atoms with Crippen LogP contribution in [0.3, 0.4) is 0 Å². The highest BCUT2D eigenvalue weighted by atomic mass is 32.2. The Hall–Kier alpha value is -2.95. The van der Waals surface area contributed by atoms with Crippen molar-refractivity contribution in [2.75, 3.05) is 16.8 Å². The third-order valence-electron chi connectivity index (χ3n) is 5.19. The molecule has 0 radical (unpaired) electrons. The van der Waals surface area contributed by atoms with Crippen LogP contribution in [0.15, 0.2) is 33.1 Å². The van der Waals surface area contributed by atoms with Crippen LogP contribution in [0.4, 0.5) is 9.93 Å². The van der Waals surface area contributed by atoms with Crippen molar-refractivity contribution in [3.63, 3.8) is 0 Å². The van der Waals surface area contributed by atoms with E-state index in [1.165, 1.54) is 40.0 Å². The lowest BCUT2D eigenvalue weighted by Gasteiger charge is -2.49. The molecule has 4 heterocycles. The molecule has 38 heavy (non-hydrogen) atoms.